The van der Waals surface area contributed by atoms with E-state index in [1.54, 1.807) is 12.4 Å². The van der Waals surface area contributed by atoms with Gasteiger partial charge in [0.15, 0.2) is 0 Å². The van der Waals surface area contributed by atoms with Crippen LogP contribution in [0.25, 0.3) is 0 Å². The number of nitrogens with two attached hydrogens (primary N) is 1. The summed E-state index contributed by atoms with van der Waals surface area (Å²) >= 11 is 1.51. The average Bonchev–Trinajstić information content (AvgIpc) is 2.51. The van der Waals surface area contributed by atoms with Crippen molar-refractivity contribution in [2.45, 2.75) is 19.5 Å². The van der Waals surface area contributed by atoms with Crippen molar-refractivity contribution < 1.29 is 4.79 Å². The molecule has 1 unspecified atom stereocenters. The zero-order valence-corrected chi connectivity index (χ0v) is 10.0. The van der Waals surface area contributed by atoms with Gasteiger partial charge in [0.05, 0.1) is 23.8 Å². The highest BCUT2D eigenvalue weighted by molar-refractivity contribution is 7.07. The fraction of sp³-hybridized carbons (Fsp3) is 0.429. The van der Waals surface area contributed by atoms with E-state index in [2.05, 4.69) is 10.3 Å². The summed E-state index contributed by atoms with van der Waals surface area (Å²) in [6, 6.07) is -0.455. The third-order valence-electron chi connectivity index (χ3n) is 1.34. The predicted molar refractivity (Wildman–Crippen MR) is 62.1 cm³/mol. The minimum atomic E-state index is -0.455. The molecule has 0 aliphatic rings. The number of hydrogen-bond donors (Lipinski definition) is 2. The van der Waals surface area contributed by atoms with Crippen LogP contribution < -0.4 is 11.1 Å². The molecule has 82 valence electrons. The molecule has 1 rings (SSSR count). The summed E-state index contributed by atoms with van der Waals surface area (Å²) in [4.78, 5) is 15.0. The van der Waals surface area contributed by atoms with Crippen molar-refractivity contribution in [3.8, 4) is 0 Å². The van der Waals surface area contributed by atoms with Gasteiger partial charge in [-0.15, -0.1) is 36.2 Å². The zero-order chi connectivity index (χ0) is 8.97. The molecule has 0 aliphatic heterocycles. The Bertz CT molecular complexity index is 253. The number of hydrogen-bond acceptors (Lipinski definition) is 4. The first-order chi connectivity index (χ1) is 5.70. The molecule has 1 aromatic heterocycles. The van der Waals surface area contributed by atoms with Gasteiger partial charge in [0.1, 0.15) is 0 Å². The highest BCUT2D eigenvalue weighted by Gasteiger charge is 2.06. The largest absolute Gasteiger partial charge is 0.349 e. The molecule has 0 bridgehead atoms. The molecule has 0 saturated carbocycles. The van der Waals surface area contributed by atoms with Crippen LogP contribution in [0.3, 0.4) is 0 Å². The number of nitrogens with one attached hydrogen (secondary N) is 1. The lowest BCUT2D eigenvalue weighted by Crippen LogP contribution is -2.37. The van der Waals surface area contributed by atoms with E-state index in [-0.39, 0.29) is 30.7 Å². The lowest BCUT2D eigenvalue weighted by atomic mass is 10.3. The maximum Gasteiger partial charge on any atom is 0.236 e. The van der Waals surface area contributed by atoms with Crippen LogP contribution in [0.5, 0.6) is 0 Å². The van der Waals surface area contributed by atoms with Crippen LogP contribution in [0, 0.1) is 0 Å². The van der Waals surface area contributed by atoms with Crippen LogP contribution in [0.2, 0.25) is 0 Å². The van der Waals surface area contributed by atoms with E-state index in [0.717, 1.165) is 5.69 Å². The molecule has 0 aromatic carbocycles. The van der Waals surface area contributed by atoms with Crippen molar-refractivity contribution in [1.29, 1.82) is 0 Å². The minimum Gasteiger partial charge on any atom is -0.349 e. The van der Waals surface area contributed by atoms with Crippen LogP contribution >= 0.6 is 36.2 Å². The number of nitrogens with zero attached hydrogens (tertiary/aromatic N) is 1. The third kappa shape index (κ3) is 5.39. The van der Waals surface area contributed by atoms with Gasteiger partial charge in [-0.25, -0.2) is 4.98 Å². The number of amides is 1. The molecule has 0 spiro atoms. The standard InChI is InChI=1S/C7H11N3OS.2ClH/c1-5(8)7(11)9-2-6-3-12-4-10-6;;/h3-5H,2,8H2,1H3,(H,9,11);2*1H. The Kier molecular flexibility index (Phi) is 9.18. The summed E-state index contributed by atoms with van der Waals surface area (Å²) in [6.45, 7) is 2.11. The van der Waals surface area contributed by atoms with Crippen molar-refractivity contribution in [3.63, 3.8) is 0 Å². The molecule has 0 saturated heterocycles. The fourth-order valence-electron chi connectivity index (χ4n) is 0.663. The monoisotopic (exact) mass is 257 g/mol. The Morgan fingerprint density at radius 2 is 2.36 bits per heavy atom. The van der Waals surface area contributed by atoms with E-state index in [9.17, 15) is 4.79 Å². The Morgan fingerprint density at radius 3 is 2.79 bits per heavy atom. The molecular weight excluding hydrogens is 245 g/mol. The lowest BCUT2D eigenvalue weighted by Gasteiger charge is -2.04. The molecule has 0 aliphatic carbocycles. The summed E-state index contributed by atoms with van der Waals surface area (Å²) in [6.07, 6.45) is 0. The first-order valence-electron chi connectivity index (χ1n) is 3.60. The fourth-order valence-corrected chi connectivity index (χ4v) is 1.22. The summed E-state index contributed by atoms with van der Waals surface area (Å²) in [5.41, 5.74) is 7.94. The predicted octanol–water partition coefficient (Wildman–Crippen LogP) is 0.950. The van der Waals surface area contributed by atoms with E-state index < -0.39 is 6.04 Å². The van der Waals surface area contributed by atoms with Gasteiger partial charge in [-0.1, -0.05) is 0 Å². The molecule has 1 heterocycles. The van der Waals surface area contributed by atoms with Crippen molar-refractivity contribution in [2.75, 3.05) is 0 Å². The number of thiazole rings is 1. The van der Waals surface area contributed by atoms with Crippen LogP contribution in [0.1, 0.15) is 12.6 Å². The zero-order valence-electron chi connectivity index (χ0n) is 7.60. The smallest absolute Gasteiger partial charge is 0.236 e. The van der Waals surface area contributed by atoms with Crippen LogP contribution in [-0.2, 0) is 11.3 Å². The molecule has 7 heteroatoms. The van der Waals surface area contributed by atoms with Gasteiger partial charge in [0.2, 0.25) is 5.91 Å². The second-order valence-electron chi connectivity index (χ2n) is 2.49. The molecule has 3 N–H and O–H groups in total. The van der Waals surface area contributed by atoms with E-state index in [4.69, 9.17) is 5.73 Å². The third-order valence-corrected chi connectivity index (χ3v) is 1.98. The Hall–Kier alpha value is -0.360. The molecule has 0 radical (unpaired) electrons. The van der Waals surface area contributed by atoms with Crippen molar-refractivity contribution in [3.05, 3.63) is 16.6 Å². The number of halogens is 2. The molecule has 1 aromatic rings. The van der Waals surface area contributed by atoms with Gasteiger partial charge in [-0.3, -0.25) is 4.79 Å². The van der Waals surface area contributed by atoms with Gasteiger partial charge in [-0.05, 0) is 6.92 Å². The molecule has 0 fully saturated rings. The van der Waals surface area contributed by atoms with Crippen molar-refractivity contribution in [1.82, 2.24) is 10.3 Å². The average molecular weight is 258 g/mol. The van der Waals surface area contributed by atoms with E-state index in [0.29, 0.717) is 6.54 Å². The first kappa shape index (κ1) is 16.1. The van der Waals surface area contributed by atoms with Crippen LogP contribution in [-0.4, -0.2) is 16.9 Å². The van der Waals surface area contributed by atoms with Gasteiger partial charge in [0.25, 0.3) is 0 Å². The van der Waals surface area contributed by atoms with Crippen LogP contribution in [0.15, 0.2) is 10.9 Å². The maximum absolute atomic E-state index is 11.0. The summed E-state index contributed by atoms with van der Waals surface area (Å²) in [7, 11) is 0. The highest BCUT2D eigenvalue weighted by atomic mass is 35.5. The SMILES string of the molecule is CC(N)C(=O)NCc1cscn1.Cl.Cl. The molecular formula is C7H13Cl2N3OS. The summed E-state index contributed by atoms with van der Waals surface area (Å²) in [5.74, 6) is -0.150. The van der Waals surface area contributed by atoms with Gasteiger partial charge >= 0.3 is 0 Å². The number of aromatic nitrogens is 1. The second kappa shape index (κ2) is 7.99. The van der Waals surface area contributed by atoms with Crippen molar-refractivity contribution >= 4 is 42.1 Å². The Morgan fingerprint density at radius 1 is 1.71 bits per heavy atom. The van der Waals surface area contributed by atoms with Gasteiger partial charge < -0.3 is 11.1 Å². The maximum atomic E-state index is 11.0. The van der Waals surface area contributed by atoms with Gasteiger partial charge in [0, 0.05) is 5.38 Å². The number of rotatable bonds is 3. The lowest BCUT2D eigenvalue weighted by molar-refractivity contribution is -0.122. The molecule has 4 nitrogen and oxygen atoms in total. The Labute approximate surface area is 99.1 Å². The summed E-state index contributed by atoms with van der Waals surface area (Å²) < 4.78 is 0. The molecule has 14 heavy (non-hydrogen) atoms. The van der Waals surface area contributed by atoms with E-state index in [1.807, 2.05) is 5.38 Å². The highest BCUT2D eigenvalue weighted by Crippen LogP contribution is 1.99. The first-order valence-corrected chi connectivity index (χ1v) is 4.55. The normalized spacial score (nSPS) is 10.7. The number of carbonyl (C=O) groups is 1. The molecule has 1 atom stereocenters. The topological polar surface area (TPSA) is 68.0 Å². The van der Waals surface area contributed by atoms with Crippen molar-refractivity contribution in [2.24, 2.45) is 5.73 Å². The quantitative estimate of drug-likeness (QED) is 0.848. The molecule has 1 amide bonds. The van der Waals surface area contributed by atoms with E-state index >= 15 is 0 Å². The number of carbonyl (C=O) groups excluding carboxylic acids is 1. The minimum absolute atomic E-state index is 0. The van der Waals surface area contributed by atoms with Gasteiger partial charge in [-0.2, -0.15) is 0 Å². The second-order valence-corrected chi connectivity index (χ2v) is 3.20. The van der Waals surface area contributed by atoms with Crippen LogP contribution in [0.4, 0.5) is 0 Å². The summed E-state index contributed by atoms with van der Waals surface area (Å²) in [5, 5.41) is 4.56. The van der Waals surface area contributed by atoms with E-state index in [1.165, 1.54) is 11.3 Å². The Balaban J connectivity index is 0.